The van der Waals surface area contributed by atoms with Crippen molar-refractivity contribution in [3.8, 4) is 5.75 Å². The summed E-state index contributed by atoms with van der Waals surface area (Å²) in [6.07, 6.45) is 0. The van der Waals surface area contributed by atoms with Gasteiger partial charge in [-0.05, 0) is 31.7 Å². The van der Waals surface area contributed by atoms with Crippen LogP contribution in [0.3, 0.4) is 0 Å². The molecular weight excluding hydrogens is 280 g/mol. The molecule has 4 heteroatoms. The van der Waals surface area contributed by atoms with Crippen molar-refractivity contribution in [3.05, 3.63) is 58.6 Å². The zero-order valence-electron chi connectivity index (χ0n) is 12.2. The highest BCUT2D eigenvalue weighted by Gasteiger charge is 2.09. The number of fused-ring (bicyclic) bond motifs is 1. The van der Waals surface area contributed by atoms with Crippen molar-refractivity contribution in [1.82, 2.24) is 10.3 Å². The first-order valence-corrected chi connectivity index (χ1v) is 7.80. The van der Waals surface area contributed by atoms with Crippen LogP contribution in [-0.4, -0.2) is 12.0 Å². The van der Waals surface area contributed by atoms with Gasteiger partial charge in [-0.15, -0.1) is 11.3 Å². The summed E-state index contributed by atoms with van der Waals surface area (Å²) in [5, 5.41) is 4.19. The Bertz CT molecular complexity index is 718. The van der Waals surface area contributed by atoms with Crippen LogP contribution in [-0.2, 0) is 13.2 Å². The van der Waals surface area contributed by atoms with Crippen molar-refractivity contribution in [2.24, 2.45) is 0 Å². The molecule has 0 saturated carbocycles. The van der Waals surface area contributed by atoms with E-state index in [-0.39, 0.29) is 0 Å². The largest absolute Gasteiger partial charge is 0.486 e. The molecule has 0 unspecified atom stereocenters. The summed E-state index contributed by atoms with van der Waals surface area (Å²) in [5.74, 6) is 0.964. The Labute approximate surface area is 128 Å². The van der Waals surface area contributed by atoms with E-state index in [9.17, 15) is 0 Å². The molecule has 0 radical (unpaired) electrons. The van der Waals surface area contributed by atoms with Crippen LogP contribution >= 0.6 is 11.3 Å². The molecule has 0 spiro atoms. The lowest BCUT2D eigenvalue weighted by Crippen LogP contribution is -2.08. The van der Waals surface area contributed by atoms with Gasteiger partial charge in [0.05, 0.1) is 10.2 Å². The number of hydrogen-bond donors (Lipinski definition) is 1. The second kappa shape index (κ2) is 6.24. The predicted octanol–water partition coefficient (Wildman–Crippen LogP) is 3.90. The van der Waals surface area contributed by atoms with E-state index in [4.69, 9.17) is 4.74 Å². The maximum absolute atomic E-state index is 6.04. The van der Waals surface area contributed by atoms with Crippen molar-refractivity contribution in [2.75, 3.05) is 7.05 Å². The van der Waals surface area contributed by atoms with Crippen LogP contribution in [0.4, 0.5) is 0 Å². The molecule has 108 valence electrons. The number of rotatable bonds is 5. The van der Waals surface area contributed by atoms with Crippen molar-refractivity contribution >= 4 is 21.6 Å². The average Bonchev–Trinajstić information content (AvgIpc) is 2.90. The van der Waals surface area contributed by atoms with Crippen LogP contribution in [0, 0.1) is 6.92 Å². The van der Waals surface area contributed by atoms with Crippen LogP contribution in [0.2, 0.25) is 0 Å². The zero-order valence-corrected chi connectivity index (χ0v) is 13.0. The minimum absolute atomic E-state index is 0.515. The monoisotopic (exact) mass is 298 g/mol. The molecule has 3 rings (SSSR count). The normalized spacial score (nSPS) is 11.0. The van der Waals surface area contributed by atoms with Gasteiger partial charge in [0.25, 0.3) is 0 Å². The van der Waals surface area contributed by atoms with E-state index in [1.54, 1.807) is 11.3 Å². The van der Waals surface area contributed by atoms with E-state index >= 15 is 0 Å². The molecule has 0 bridgehead atoms. The smallest absolute Gasteiger partial charge is 0.140 e. The lowest BCUT2D eigenvalue weighted by atomic mass is 10.1. The first kappa shape index (κ1) is 14.0. The molecule has 0 fully saturated rings. The van der Waals surface area contributed by atoms with Gasteiger partial charge in [0.15, 0.2) is 0 Å². The van der Waals surface area contributed by atoms with Gasteiger partial charge >= 0.3 is 0 Å². The van der Waals surface area contributed by atoms with Gasteiger partial charge in [0, 0.05) is 12.1 Å². The van der Waals surface area contributed by atoms with E-state index in [2.05, 4.69) is 41.5 Å². The molecule has 1 heterocycles. The SMILES string of the molecule is CNCc1cccc(C)c1OCc1nc2ccccc2s1. The molecule has 0 saturated heterocycles. The minimum Gasteiger partial charge on any atom is -0.486 e. The third-order valence-electron chi connectivity index (χ3n) is 3.34. The van der Waals surface area contributed by atoms with E-state index < -0.39 is 0 Å². The van der Waals surface area contributed by atoms with E-state index in [1.165, 1.54) is 10.3 Å². The maximum atomic E-state index is 6.04. The van der Waals surface area contributed by atoms with Crippen LogP contribution in [0.25, 0.3) is 10.2 Å². The second-order valence-corrected chi connectivity index (χ2v) is 6.07. The summed E-state index contributed by atoms with van der Waals surface area (Å²) < 4.78 is 7.25. The fourth-order valence-corrected chi connectivity index (χ4v) is 3.25. The second-order valence-electron chi connectivity index (χ2n) is 4.96. The fraction of sp³-hybridized carbons (Fsp3) is 0.235. The van der Waals surface area contributed by atoms with Gasteiger partial charge in [-0.2, -0.15) is 0 Å². The molecule has 0 aliphatic rings. The highest BCUT2D eigenvalue weighted by atomic mass is 32.1. The first-order valence-electron chi connectivity index (χ1n) is 6.98. The summed E-state index contributed by atoms with van der Waals surface area (Å²) in [6.45, 7) is 3.39. The number of benzene rings is 2. The Morgan fingerprint density at radius 2 is 2.00 bits per heavy atom. The Morgan fingerprint density at radius 3 is 2.81 bits per heavy atom. The first-order chi connectivity index (χ1) is 10.3. The molecule has 3 nitrogen and oxygen atoms in total. The lowest BCUT2D eigenvalue weighted by Gasteiger charge is -2.13. The molecule has 0 aliphatic carbocycles. The molecule has 0 amide bonds. The average molecular weight is 298 g/mol. The molecule has 0 atom stereocenters. The van der Waals surface area contributed by atoms with Gasteiger partial charge in [0.1, 0.15) is 17.4 Å². The maximum Gasteiger partial charge on any atom is 0.140 e. The number of ether oxygens (including phenoxy) is 1. The van der Waals surface area contributed by atoms with E-state index in [0.29, 0.717) is 6.61 Å². The number of nitrogens with zero attached hydrogens (tertiary/aromatic N) is 1. The highest BCUT2D eigenvalue weighted by Crippen LogP contribution is 2.27. The summed E-state index contributed by atoms with van der Waals surface area (Å²) in [5.41, 5.74) is 3.38. The quantitative estimate of drug-likeness (QED) is 0.775. The molecule has 0 aliphatic heterocycles. The van der Waals surface area contributed by atoms with Gasteiger partial charge in [0.2, 0.25) is 0 Å². The highest BCUT2D eigenvalue weighted by molar-refractivity contribution is 7.18. The van der Waals surface area contributed by atoms with Gasteiger partial charge in [-0.3, -0.25) is 0 Å². The van der Waals surface area contributed by atoms with Gasteiger partial charge < -0.3 is 10.1 Å². The van der Waals surface area contributed by atoms with Gasteiger partial charge in [-0.1, -0.05) is 30.3 Å². The van der Waals surface area contributed by atoms with Crippen molar-refractivity contribution in [3.63, 3.8) is 0 Å². The number of aromatic nitrogens is 1. The summed E-state index contributed by atoms with van der Waals surface area (Å²) in [7, 11) is 1.94. The number of nitrogens with one attached hydrogen (secondary N) is 1. The molecule has 1 aromatic heterocycles. The van der Waals surface area contributed by atoms with E-state index in [0.717, 1.165) is 28.4 Å². The predicted molar refractivity (Wildman–Crippen MR) is 87.9 cm³/mol. The Hall–Kier alpha value is -1.91. The Balaban J connectivity index is 1.81. The molecular formula is C17H18N2OS. The summed E-state index contributed by atoms with van der Waals surface area (Å²) >= 11 is 1.69. The summed E-state index contributed by atoms with van der Waals surface area (Å²) in [4.78, 5) is 4.61. The standard InChI is InChI=1S/C17H18N2OS/c1-12-6-5-7-13(10-18-2)17(12)20-11-16-19-14-8-3-4-9-15(14)21-16/h3-9,18H,10-11H2,1-2H3. The van der Waals surface area contributed by atoms with Crippen LogP contribution < -0.4 is 10.1 Å². The van der Waals surface area contributed by atoms with Gasteiger partial charge in [-0.25, -0.2) is 4.98 Å². The number of para-hydroxylation sites is 2. The Morgan fingerprint density at radius 1 is 1.14 bits per heavy atom. The molecule has 3 aromatic rings. The molecule has 21 heavy (non-hydrogen) atoms. The minimum atomic E-state index is 0.515. The van der Waals surface area contributed by atoms with Crippen molar-refractivity contribution in [1.29, 1.82) is 0 Å². The zero-order chi connectivity index (χ0) is 14.7. The van der Waals surface area contributed by atoms with Crippen LogP contribution in [0.1, 0.15) is 16.1 Å². The van der Waals surface area contributed by atoms with Crippen molar-refractivity contribution < 1.29 is 4.74 Å². The number of hydrogen-bond acceptors (Lipinski definition) is 4. The lowest BCUT2D eigenvalue weighted by molar-refractivity contribution is 0.300. The third-order valence-corrected chi connectivity index (χ3v) is 4.35. The van der Waals surface area contributed by atoms with E-state index in [1.807, 2.05) is 25.2 Å². The summed E-state index contributed by atoms with van der Waals surface area (Å²) in [6, 6.07) is 14.4. The number of aryl methyl sites for hydroxylation is 1. The van der Waals surface area contributed by atoms with Crippen LogP contribution in [0.5, 0.6) is 5.75 Å². The van der Waals surface area contributed by atoms with Crippen molar-refractivity contribution in [2.45, 2.75) is 20.1 Å². The Kier molecular flexibility index (Phi) is 4.18. The third kappa shape index (κ3) is 3.06. The molecule has 2 aromatic carbocycles. The number of thiazole rings is 1. The molecule has 1 N–H and O–H groups in total. The van der Waals surface area contributed by atoms with Crippen LogP contribution in [0.15, 0.2) is 42.5 Å². The fourth-order valence-electron chi connectivity index (χ4n) is 2.36. The topological polar surface area (TPSA) is 34.1 Å².